The molecule has 1 heteroatoms. The molecule has 1 heterocycles. The molecule has 0 atom stereocenters. The summed E-state index contributed by atoms with van der Waals surface area (Å²) in [5, 5.41) is 0. The summed E-state index contributed by atoms with van der Waals surface area (Å²) < 4.78 is 0. The van der Waals surface area contributed by atoms with Crippen LogP contribution in [-0.2, 0) is 6.42 Å². The Bertz CT molecular complexity index is 194. The minimum atomic E-state index is 1.03. The molecule has 0 N–H and O–H groups in total. The Balaban J connectivity index is 2.94. The summed E-state index contributed by atoms with van der Waals surface area (Å²) in [5.41, 5.74) is 2.28. The van der Waals surface area contributed by atoms with Crippen LogP contribution < -0.4 is 0 Å². The van der Waals surface area contributed by atoms with E-state index in [-0.39, 0.29) is 0 Å². The van der Waals surface area contributed by atoms with Crippen molar-refractivity contribution in [1.82, 2.24) is 4.98 Å². The Kier molecular flexibility index (Phi) is 1.83. The molecular weight excluding hydrogens is 110 g/mol. The minimum Gasteiger partial charge on any atom is -0.258 e. The average Bonchev–Trinajstić information content (AvgIpc) is 1.88. The number of aromatic nitrogens is 1. The first-order chi connectivity index (χ1) is 4.33. The quantitative estimate of drug-likeness (QED) is 0.553. The zero-order valence-electron chi connectivity index (χ0n) is 5.89. The van der Waals surface area contributed by atoms with E-state index in [2.05, 4.69) is 11.9 Å². The van der Waals surface area contributed by atoms with Crippen LogP contribution in [0.15, 0.2) is 18.2 Å². The molecule has 0 radical (unpaired) electrons. The number of nitrogens with zero attached hydrogens (tertiary/aromatic N) is 1. The molecule has 0 aliphatic rings. The van der Waals surface area contributed by atoms with Gasteiger partial charge in [-0.25, -0.2) is 0 Å². The van der Waals surface area contributed by atoms with E-state index in [4.69, 9.17) is 0 Å². The Morgan fingerprint density at radius 1 is 1.44 bits per heavy atom. The van der Waals surface area contributed by atoms with Crippen molar-refractivity contribution in [2.45, 2.75) is 20.3 Å². The van der Waals surface area contributed by atoms with Crippen LogP contribution in [0, 0.1) is 6.92 Å². The van der Waals surface area contributed by atoms with Gasteiger partial charge in [0.15, 0.2) is 0 Å². The predicted molar refractivity (Wildman–Crippen MR) is 38.4 cm³/mol. The van der Waals surface area contributed by atoms with Crippen molar-refractivity contribution >= 4 is 0 Å². The van der Waals surface area contributed by atoms with Crippen molar-refractivity contribution < 1.29 is 0 Å². The summed E-state index contributed by atoms with van der Waals surface area (Å²) in [6, 6.07) is 6.10. The maximum atomic E-state index is 4.29. The molecule has 0 amide bonds. The lowest BCUT2D eigenvalue weighted by Gasteiger charge is -1.94. The first kappa shape index (κ1) is 6.27. The van der Waals surface area contributed by atoms with Crippen molar-refractivity contribution in [3.8, 4) is 0 Å². The van der Waals surface area contributed by atoms with Crippen LogP contribution in [0.5, 0.6) is 0 Å². The summed E-state index contributed by atoms with van der Waals surface area (Å²) in [6.45, 7) is 4.13. The van der Waals surface area contributed by atoms with E-state index in [1.807, 2.05) is 25.1 Å². The third-order valence-electron chi connectivity index (χ3n) is 1.31. The highest BCUT2D eigenvalue weighted by Gasteiger charge is 1.87. The van der Waals surface area contributed by atoms with Gasteiger partial charge in [-0.05, 0) is 25.5 Å². The van der Waals surface area contributed by atoms with Gasteiger partial charge in [0.2, 0.25) is 0 Å². The van der Waals surface area contributed by atoms with E-state index >= 15 is 0 Å². The summed E-state index contributed by atoms with van der Waals surface area (Å²) in [7, 11) is 0. The van der Waals surface area contributed by atoms with Gasteiger partial charge in [0, 0.05) is 11.4 Å². The Morgan fingerprint density at radius 2 is 2.22 bits per heavy atom. The topological polar surface area (TPSA) is 12.9 Å². The van der Waals surface area contributed by atoms with Crippen molar-refractivity contribution in [1.29, 1.82) is 0 Å². The van der Waals surface area contributed by atoms with Crippen LogP contribution >= 0.6 is 0 Å². The fourth-order valence-electron chi connectivity index (χ4n) is 0.796. The predicted octanol–water partition coefficient (Wildman–Crippen LogP) is 1.95. The Hall–Kier alpha value is -0.850. The molecule has 1 rings (SSSR count). The first-order valence-electron chi connectivity index (χ1n) is 3.25. The smallest absolute Gasteiger partial charge is 0.0404 e. The third kappa shape index (κ3) is 1.53. The van der Waals surface area contributed by atoms with Gasteiger partial charge in [-0.2, -0.15) is 0 Å². The van der Waals surface area contributed by atoms with Crippen LogP contribution in [0.1, 0.15) is 18.3 Å². The van der Waals surface area contributed by atoms with Gasteiger partial charge < -0.3 is 0 Å². The van der Waals surface area contributed by atoms with Gasteiger partial charge in [0.25, 0.3) is 0 Å². The summed E-state index contributed by atoms with van der Waals surface area (Å²) in [4.78, 5) is 4.29. The van der Waals surface area contributed by atoms with Crippen LogP contribution in [0.4, 0.5) is 0 Å². The molecule has 1 nitrogen and oxygen atoms in total. The highest BCUT2D eigenvalue weighted by Crippen LogP contribution is 1.97. The number of pyridine rings is 1. The molecule has 0 saturated carbocycles. The molecule has 1 aromatic heterocycles. The van der Waals surface area contributed by atoms with Crippen molar-refractivity contribution in [3.05, 3.63) is 29.6 Å². The van der Waals surface area contributed by atoms with Gasteiger partial charge in [0.1, 0.15) is 0 Å². The standard InChI is InChI=1S/C8H11N/c1-3-8-6-4-5-7(2)9-8/h4-6H,3H2,1-2H3. The highest BCUT2D eigenvalue weighted by atomic mass is 14.7. The normalized spacial score (nSPS) is 9.56. The zero-order valence-corrected chi connectivity index (χ0v) is 5.89. The Morgan fingerprint density at radius 3 is 2.67 bits per heavy atom. The van der Waals surface area contributed by atoms with Crippen molar-refractivity contribution in [2.24, 2.45) is 0 Å². The van der Waals surface area contributed by atoms with Gasteiger partial charge in [0.05, 0.1) is 0 Å². The summed E-state index contributed by atoms with van der Waals surface area (Å²) in [5.74, 6) is 0. The van der Waals surface area contributed by atoms with Gasteiger partial charge in [-0.1, -0.05) is 13.0 Å². The number of hydrogen-bond donors (Lipinski definition) is 0. The summed E-state index contributed by atoms with van der Waals surface area (Å²) in [6.07, 6.45) is 1.03. The van der Waals surface area contributed by atoms with E-state index < -0.39 is 0 Å². The minimum absolute atomic E-state index is 1.03. The van der Waals surface area contributed by atoms with E-state index in [9.17, 15) is 0 Å². The molecule has 0 saturated heterocycles. The monoisotopic (exact) mass is 121 g/mol. The first-order valence-corrected chi connectivity index (χ1v) is 3.25. The molecule has 0 unspecified atom stereocenters. The van der Waals surface area contributed by atoms with E-state index in [1.165, 1.54) is 5.69 Å². The molecular formula is C8H11N. The fourth-order valence-corrected chi connectivity index (χ4v) is 0.796. The molecule has 0 bridgehead atoms. The van der Waals surface area contributed by atoms with Crippen molar-refractivity contribution in [2.75, 3.05) is 0 Å². The highest BCUT2D eigenvalue weighted by molar-refractivity contribution is 5.09. The number of rotatable bonds is 1. The largest absolute Gasteiger partial charge is 0.258 e. The SMILES string of the molecule is CCc1cccc(C)n1. The van der Waals surface area contributed by atoms with Crippen LogP contribution in [-0.4, -0.2) is 4.98 Å². The molecule has 0 aliphatic carbocycles. The molecule has 0 aromatic carbocycles. The van der Waals surface area contributed by atoms with Crippen LogP contribution in [0.2, 0.25) is 0 Å². The average molecular weight is 121 g/mol. The lowest BCUT2D eigenvalue weighted by atomic mass is 10.3. The second-order valence-corrected chi connectivity index (χ2v) is 2.12. The van der Waals surface area contributed by atoms with E-state index in [0.29, 0.717) is 0 Å². The van der Waals surface area contributed by atoms with Crippen LogP contribution in [0.3, 0.4) is 0 Å². The fraction of sp³-hybridized carbons (Fsp3) is 0.375. The van der Waals surface area contributed by atoms with Gasteiger partial charge in [-0.3, -0.25) is 4.98 Å². The lowest BCUT2D eigenvalue weighted by molar-refractivity contribution is 1.01. The number of aryl methyl sites for hydroxylation is 2. The van der Waals surface area contributed by atoms with Gasteiger partial charge >= 0.3 is 0 Å². The van der Waals surface area contributed by atoms with Crippen LogP contribution in [0.25, 0.3) is 0 Å². The second kappa shape index (κ2) is 2.62. The third-order valence-corrected chi connectivity index (χ3v) is 1.31. The second-order valence-electron chi connectivity index (χ2n) is 2.12. The lowest BCUT2D eigenvalue weighted by Crippen LogP contribution is -1.87. The molecule has 0 aliphatic heterocycles. The maximum Gasteiger partial charge on any atom is 0.0404 e. The Labute approximate surface area is 55.7 Å². The van der Waals surface area contributed by atoms with Crippen molar-refractivity contribution in [3.63, 3.8) is 0 Å². The van der Waals surface area contributed by atoms with Gasteiger partial charge in [-0.15, -0.1) is 0 Å². The molecule has 9 heavy (non-hydrogen) atoms. The zero-order chi connectivity index (χ0) is 6.69. The van der Waals surface area contributed by atoms with E-state index in [0.717, 1.165) is 12.1 Å². The van der Waals surface area contributed by atoms with E-state index in [1.54, 1.807) is 0 Å². The molecule has 0 fully saturated rings. The maximum absolute atomic E-state index is 4.29. The molecule has 48 valence electrons. The molecule has 0 spiro atoms. The number of hydrogen-bond acceptors (Lipinski definition) is 1. The molecule has 1 aromatic rings. The summed E-state index contributed by atoms with van der Waals surface area (Å²) >= 11 is 0.